The van der Waals surface area contributed by atoms with Gasteiger partial charge in [-0.05, 0) is 43.6 Å². The summed E-state index contributed by atoms with van der Waals surface area (Å²) < 4.78 is 10.1. The zero-order valence-electron chi connectivity index (χ0n) is 15.9. The number of nitrogens with one attached hydrogen (secondary N) is 1. The minimum Gasteiger partial charge on any atom is -0.481 e. The molecule has 1 saturated heterocycles. The minimum absolute atomic E-state index is 0.0921. The molecule has 0 radical (unpaired) electrons. The zero-order valence-corrected chi connectivity index (χ0v) is 15.9. The molecule has 2 heterocycles. The Bertz CT molecular complexity index is 751. The van der Waals surface area contributed by atoms with Crippen molar-refractivity contribution in [3.05, 3.63) is 41.6 Å². The van der Waals surface area contributed by atoms with Crippen molar-refractivity contribution in [3.63, 3.8) is 0 Å². The molecule has 0 saturated carbocycles. The van der Waals surface area contributed by atoms with Gasteiger partial charge in [0.05, 0.1) is 14.2 Å². The number of carbonyl (C=O) groups is 1. The summed E-state index contributed by atoms with van der Waals surface area (Å²) in [5.74, 6) is -0.0529. The van der Waals surface area contributed by atoms with Crippen molar-refractivity contribution in [2.45, 2.75) is 32.2 Å². The topological polar surface area (TPSA) is 76.6 Å². The molecule has 1 aromatic carbocycles. The first-order valence-corrected chi connectivity index (χ1v) is 9.27. The highest BCUT2D eigenvalue weighted by Crippen LogP contribution is 2.18. The summed E-state index contributed by atoms with van der Waals surface area (Å²) in [7, 11) is 2.93. The number of hydrogen-bond acceptors (Lipinski definition) is 6. The van der Waals surface area contributed by atoms with Gasteiger partial charge in [-0.1, -0.05) is 25.0 Å². The molecule has 0 aliphatic carbocycles. The summed E-state index contributed by atoms with van der Waals surface area (Å²) in [4.78, 5) is 23.1. The highest BCUT2D eigenvalue weighted by molar-refractivity contribution is 6.03. The normalized spacial score (nSPS) is 15.0. The van der Waals surface area contributed by atoms with Gasteiger partial charge in [-0.15, -0.1) is 0 Å². The van der Waals surface area contributed by atoms with Gasteiger partial charge >= 0.3 is 6.01 Å². The molecule has 27 heavy (non-hydrogen) atoms. The fourth-order valence-electron chi connectivity index (χ4n) is 3.21. The van der Waals surface area contributed by atoms with Gasteiger partial charge < -0.3 is 14.8 Å². The fraction of sp³-hybridized carbons (Fsp3) is 0.450. The fourth-order valence-corrected chi connectivity index (χ4v) is 3.21. The Morgan fingerprint density at radius 1 is 1.07 bits per heavy atom. The second-order valence-corrected chi connectivity index (χ2v) is 6.63. The Morgan fingerprint density at radius 3 is 2.56 bits per heavy atom. The van der Waals surface area contributed by atoms with E-state index in [-0.39, 0.29) is 23.5 Å². The van der Waals surface area contributed by atoms with Crippen LogP contribution in [0.4, 0.5) is 5.69 Å². The van der Waals surface area contributed by atoms with Crippen molar-refractivity contribution in [2.24, 2.45) is 0 Å². The van der Waals surface area contributed by atoms with E-state index in [1.54, 1.807) is 0 Å². The van der Waals surface area contributed by atoms with Gasteiger partial charge in [0, 0.05) is 18.3 Å². The third-order valence-corrected chi connectivity index (χ3v) is 4.60. The molecule has 0 unspecified atom stereocenters. The average Bonchev–Trinajstić information content (AvgIpc) is 2.96. The van der Waals surface area contributed by atoms with Gasteiger partial charge in [0.1, 0.15) is 5.69 Å². The van der Waals surface area contributed by atoms with Gasteiger partial charge in [0.25, 0.3) is 5.91 Å². The highest BCUT2D eigenvalue weighted by atomic mass is 16.5. The number of methoxy groups -OCH3 is 2. The molecule has 0 bridgehead atoms. The van der Waals surface area contributed by atoms with E-state index in [9.17, 15) is 4.79 Å². The largest absolute Gasteiger partial charge is 0.481 e. The van der Waals surface area contributed by atoms with E-state index in [0.717, 1.165) is 25.3 Å². The van der Waals surface area contributed by atoms with Gasteiger partial charge in [-0.2, -0.15) is 9.97 Å². The number of carbonyl (C=O) groups excluding carboxylic acids is 1. The molecule has 7 heteroatoms. The van der Waals surface area contributed by atoms with Crippen molar-refractivity contribution in [2.75, 3.05) is 32.6 Å². The third kappa shape index (κ3) is 5.40. The van der Waals surface area contributed by atoms with E-state index >= 15 is 0 Å². The van der Waals surface area contributed by atoms with Gasteiger partial charge in [0.2, 0.25) is 5.88 Å². The highest BCUT2D eigenvalue weighted by Gasteiger charge is 2.14. The van der Waals surface area contributed by atoms with E-state index in [2.05, 4.69) is 26.3 Å². The van der Waals surface area contributed by atoms with Crippen LogP contribution in [0.3, 0.4) is 0 Å². The van der Waals surface area contributed by atoms with Crippen LogP contribution in [0.5, 0.6) is 11.9 Å². The Balaban J connectivity index is 1.69. The molecule has 1 amide bonds. The molecule has 1 fully saturated rings. The number of amides is 1. The first kappa shape index (κ1) is 19.1. The lowest BCUT2D eigenvalue weighted by atomic mass is 10.1. The van der Waals surface area contributed by atoms with Crippen LogP contribution in [0, 0.1) is 0 Å². The number of nitrogens with zero attached hydrogens (tertiary/aromatic N) is 3. The average molecular weight is 370 g/mol. The lowest BCUT2D eigenvalue weighted by Crippen LogP contribution is -2.24. The van der Waals surface area contributed by atoms with Crippen LogP contribution in [0.2, 0.25) is 0 Å². The van der Waals surface area contributed by atoms with Gasteiger partial charge in [-0.3, -0.25) is 9.69 Å². The molecule has 2 aromatic rings. The van der Waals surface area contributed by atoms with E-state index in [4.69, 9.17) is 9.47 Å². The van der Waals surface area contributed by atoms with Crippen LogP contribution in [0.1, 0.15) is 41.7 Å². The van der Waals surface area contributed by atoms with Crippen molar-refractivity contribution in [1.82, 2.24) is 14.9 Å². The maximum absolute atomic E-state index is 12.6. The molecule has 3 rings (SSSR count). The molecular formula is C20H26N4O3. The molecule has 1 aromatic heterocycles. The molecule has 7 nitrogen and oxygen atoms in total. The molecule has 1 aliphatic heterocycles. The van der Waals surface area contributed by atoms with Crippen LogP contribution in [-0.2, 0) is 6.54 Å². The van der Waals surface area contributed by atoms with E-state index in [1.165, 1.54) is 51.5 Å². The van der Waals surface area contributed by atoms with Gasteiger partial charge in [-0.25, -0.2) is 0 Å². The second kappa shape index (κ2) is 9.32. The maximum atomic E-state index is 12.6. The van der Waals surface area contributed by atoms with Crippen molar-refractivity contribution in [3.8, 4) is 11.9 Å². The van der Waals surface area contributed by atoms with Crippen molar-refractivity contribution in [1.29, 1.82) is 0 Å². The lowest BCUT2D eigenvalue weighted by molar-refractivity contribution is 0.102. The number of anilines is 1. The molecule has 1 aliphatic rings. The van der Waals surface area contributed by atoms with Crippen LogP contribution >= 0.6 is 0 Å². The van der Waals surface area contributed by atoms with Crippen molar-refractivity contribution >= 4 is 11.6 Å². The minimum atomic E-state index is -0.332. The predicted octanol–water partition coefficient (Wildman–Crippen LogP) is 3.12. The van der Waals surface area contributed by atoms with E-state index in [1.807, 2.05) is 18.2 Å². The monoisotopic (exact) mass is 370 g/mol. The number of ether oxygens (including phenoxy) is 2. The summed E-state index contributed by atoms with van der Waals surface area (Å²) in [5.41, 5.74) is 2.12. The maximum Gasteiger partial charge on any atom is 0.320 e. The molecule has 0 atom stereocenters. The molecule has 144 valence electrons. The quantitative estimate of drug-likeness (QED) is 0.842. The van der Waals surface area contributed by atoms with Crippen LogP contribution < -0.4 is 14.8 Å². The first-order valence-electron chi connectivity index (χ1n) is 9.27. The summed E-state index contributed by atoms with van der Waals surface area (Å²) >= 11 is 0. The number of aromatic nitrogens is 2. The third-order valence-electron chi connectivity index (χ3n) is 4.60. The summed E-state index contributed by atoms with van der Waals surface area (Å²) in [6, 6.07) is 9.52. The number of benzene rings is 1. The van der Waals surface area contributed by atoms with Crippen molar-refractivity contribution < 1.29 is 14.3 Å². The lowest BCUT2D eigenvalue weighted by Gasteiger charge is -2.20. The second-order valence-electron chi connectivity index (χ2n) is 6.63. The summed E-state index contributed by atoms with van der Waals surface area (Å²) in [6.07, 6.45) is 5.15. The standard InChI is InChI=1S/C20H26N4O3/c1-26-18-13-17(22-20(23-18)27-2)19(25)21-16-9-7-8-15(12-16)14-24-10-5-3-4-6-11-24/h7-9,12-13H,3-6,10-11,14H2,1-2H3,(H,21,25). The van der Waals surface area contributed by atoms with Crippen LogP contribution in [0.15, 0.2) is 30.3 Å². The van der Waals surface area contributed by atoms with E-state index < -0.39 is 0 Å². The van der Waals surface area contributed by atoms with E-state index in [0.29, 0.717) is 0 Å². The summed E-state index contributed by atoms with van der Waals surface area (Å²) in [5, 5.41) is 2.89. The smallest absolute Gasteiger partial charge is 0.320 e. The Kier molecular flexibility index (Phi) is 6.59. The van der Waals surface area contributed by atoms with Crippen LogP contribution in [-0.4, -0.2) is 48.1 Å². The first-order chi connectivity index (χ1) is 13.2. The Hall–Kier alpha value is -2.67. The predicted molar refractivity (Wildman–Crippen MR) is 103 cm³/mol. The Labute approximate surface area is 159 Å². The SMILES string of the molecule is COc1cc(C(=O)Nc2cccc(CN3CCCCCC3)c2)nc(OC)n1. The molecular weight excluding hydrogens is 344 g/mol. The zero-order chi connectivity index (χ0) is 19.1. The summed E-state index contributed by atoms with van der Waals surface area (Å²) in [6.45, 7) is 3.17. The molecule has 0 spiro atoms. The number of likely N-dealkylation sites (tertiary alicyclic amines) is 1. The number of hydrogen-bond donors (Lipinski definition) is 1. The van der Waals surface area contributed by atoms with Gasteiger partial charge in [0.15, 0.2) is 0 Å². The molecule has 1 N–H and O–H groups in total. The van der Waals surface area contributed by atoms with Crippen LogP contribution in [0.25, 0.3) is 0 Å². The Morgan fingerprint density at radius 2 is 1.85 bits per heavy atom. The number of rotatable bonds is 6.